The lowest BCUT2D eigenvalue weighted by Crippen LogP contribution is -2.15. The van der Waals surface area contributed by atoms with Crippen LogP contribution in [0.3, 0.4) is 0 Å². The standard InChI is InChI=1S/C25H22F2N4O3S/c1-14-3-5-16(6-4-14)21-12-19(25(32)29-22-11-17(26)7-8-20(22)27)23-15(2)30-31(24(23)28-21)18-9-10-35(33,34)13-18/h3-8,11-12,18H,9-10,13H2,1-2H3,(H,29,32). The van der Waals surface area contributed by atoms with Gasteiger partial charge in [0.05, 0.1) is 45.6 Å². The van der Waals surface area contributed by atoms with E-state index >= 15 is 0 Å². The summed E-state index contributed by atoms with van der Waals surface area (Å²) in [4.78, 5) is 18.1. The summed E-state index contributed by atoms with van der Waals surface area (Å²) < 4.78 is 53.7. The maximum Gasteiger partial charge on any atom is 0.256 e. The molecule has 4 aromatic rings. The van der Waals surface area contributed by atoms with E-state index in [0.717, 1.165) is 29.3 Å². The highest BCUT2D eigenvalue weighted by Gasteiger charge is 2.32. The highest BCUT2D eigenvalue weighted by Crippen LogP contribution is 2.32. The summed E-state index contributed by atoms with van der Waals surface area (Å²) in [5.74, 6) is -2.12. The largest absolute Gasteiger partial charge is 0.319 e. The van der Waals surface area contributed by atoms with E-state index in [1.165, 1.54) is 0 Å². The minimum absolute atomic E-state index is 0.0575. The Hall–Kier alpha value is -3.66. The number of halogens is 2. The molecule has 10 heteroatoms. The van der Waals surface area contributed by atoms with E-state index in [-0.39, 0.29) is 22.8 Å². The zero-order chi connectivity index (χ0) is 24.9. The Bertz CT molecular complexity index is 1580. The number of carbonyl (C=O) groups is 1. The van der Waals surface area contributed by atoms with Crippen LogP contribution >= 0.6 is 0 Å². The van der Waals surface area contributed by atoms with Gasteiger partial charge in [-0.2, -0.15) is 5.10 Å². The Morgan fingerprint density at radius 3 is 2.51 bits per heavy atom. The first-order valence-corrected chi connectivity index (χ1v) is 12.9. The first-order valence-electron chi connectivity index (χ1n) is 11.0. The monoisotopic (exact) mass is 496 g/mol. The Morgan fingerprint density at radius 1 is 1.09 bits per heavy atom. The quantitative estimate of drug-likeness (QED) is 0.446. The molecule has 1 aliphatic rings. The number of benzene rings is 2. The lowest BCUT2D eigenvalue weighted by atomic mass is 10.0. The van der Waals surface area contributed by atoms with Crippen molar-refractivity contribution in [3.63, 3.8) is 0 Å². The number of fused-ring (bicyclic) bond motifs is 1. The van der Waals surface area contributed by atoms with Crippen molar-refractivity contribution < 1.29 is 22.0 Å². The molecule has 0 radical (unpaired) electrons. The third-order valence-corrected chi connectivity index (χ3v) is 7.91. The van der Waals surface area contributed by atoms with Crippen molar-refractivity contribution in [1.82, 2.24) is 14.8 Å². The highest BCUT2D eigenvalue weighted by molar-refractivity contribution is 7.91. The van der Waals surface area contributed by atoms with Crippen LogP contribution in [0.5, 0.6) is 0 Å². The molecule has 1 atom stereocenters. The fourth-order valence-electron chi connectivity index (χ4n) is 4.37. The molecule has 0 spiro atoms. The smallest absolute Gasteiger partial charge is 0.256 e. The van der Waals surface area contributed by atoms with Crippen LogP contribution in [0.1, 0.15) is 34.1 Å². The van der Waals surface area contributed by atoms with Crippen LogP contribution in [-0.2, 0) is 9.84 Å². The van der Waals surface area contributed by atoms with E-state index in [2.05, 4.69) is 10.4 Å². The van der Waals surface area contributed by atoms with Gasteiger partial charge in [-0.05, 0) is 38.5 Å². The molecule has 1 aliphatic heterocycles. The number of sulfone groups is 1. The van der Waals surface area contributed by atoms with Crippen molar-refractivity contribution in [3.05, 3.63) is 77.0 Å². The molecule has 180 valence electrons. The van der Waals surface area contributed by atoms with E-state index in [1.807, 2.05) is 31.2 Å². The summed E-state index contributed by atoms with van der Waals surface area (Å²) in [5.41, 5.74) is 3.01. The van der Waals surface area contributed by atoms with Crippen LogP contribution in [0.25, 0.3) is 22.3 Å². The molecule has 0 saturated carbocycles. The van der Waals surface area contributed by atoms with Gasteiger partial charge in [-0.3, -0.25) is 4.79 Å². The van der Waals surface area contributed by atoms with Gasteiger partial charge in [0.15, 0.2) is 15.5 Å². The van der Waals surface area contributed by atoms with Crippen molar-refractivity contribution in [2.24, 2.45) is 0 Å². The van der Waals surface area contributed by atoms with Crippen LogP contribution in [-0.4, -0.2) is 40.6 Å². The predicted molar refractivity (Wildman–Crippen MR) is 129 cm³/mol. The number of nitrogens with zero attached hydrogens (tertiary/aromatic N) is 3. The normalized spacial score (nSPS) is 17.1. The number of nitrogens with one attached hydrogen (secondary N) is 1. The number of pyridine rings is 1. The second-order valence-corrected chi connectivity index (χ2v) is 11.0. The third kappa shape index (κ3) is 4.41. The maximum absolute atomic E-state index is 14.2. The molecule has 2 aromatic heterocycles. The van der Waals surface area contributed by atoms with Crippen molar-refractivity contribution in [1.29, 1.82) is 0 Å². The Kier molecular flexibility index (Phi) is 5.63. The molecule has 1 amide bonds. The summed E-state index contributed by atoms with van der Waals surface area (Å²) in [6.45, 7) is 3.65. The number of rotatable bonds is 4. The van der Waals surface area contributed by atoms with Crippen LogP contribution in [0.4, 0.5) is 14.5 Å². The van der Waals surface area contributed by atoms with Gasteiger partial charge in [0.25, 0.3) is 5.91 Å². The second kappa shape index (κ2) is 8.53. The molecule has 5 rings (SSSR count). The Morgan fingerprint density at radius 2 is 1.83 bits per heavy atom. The first kappa shape index (κ1) is 23.1. The molecule has 3 heterocycles. The van der Waals surface area contributed by atoms with Crippen molar-refractivity contribution in [2.45, 2.75) is 26.3 Å². The van der Waals surface area contributed by atoms with Gasteiger partial charge in [-0.1, -0.05) is 29.8 Å². The minimum Gasteiger partial charge on any atom is -0.319 e. The summed E-state index contributed by atoms with van der Waals surface area (Å²) in [6, 6.07) is 11.5. The van der Waals surface area contributed by atoms with Gasteiger partial charge in [0.2, 0.25) is 0 Å². The average molecular weight is 497 g/mol. The van der Waals surface area contributed by atoms with Crippen molar-refractivity contribution in [3.8, 4) is 11.3 Å². The van der Waals surface area contributed by atoms with Crippen LogP contribution < -0.4 is 5.32 Å². The van der Waals surface area contributed by atoms with Gasteiger partial charge >= 0.3 is 0 Å². The third-order valence-electron chi connectivity index (χ3n) is 6.16. The number of amides is 1. The topological polar surface area (TPSA) is 94.0 Å². The minimum atomic E-state index is -3.19. The van der Waals surface area contributed by atoms with Crippen molar-refractivity contribution in [2.75, 3.05) is 16.8 Å². The number of carbonyl (C=O) groups excluding carboxylic acids is 1. The van der Waals surface area contributed by atoms with Crippen LogP contribution in [0.15, 0.2) is 48.5 Å². The first-order chi connectivity index (χ1) is 16.6. The summed E-state index contributed by atoms with van der Waals surface area (Å²) in [7, 11) is -3.19. The van der Waals surface area contributed by atoms with Crippen LogP contribution in [0, 0.1) is 25.5 Å². The van der Waals surface area contributed by atoms with Gasteiger partial charge in [0.1, 0.15) is 11.6 Å². The Balaban J connectivity index is 1.69. The van der Waals surface area contributed by atoms with Gasteiger partial charge in [0, 0.05) is 11.6 Å². The van der Waals surface area contributed by atoms with Crippen LogP contribution in [0.2, 0.25) is 0 Å². The molecule has 0 aliphatic carbocycles. The predicted octanol–water partition coefficient (Wildman–Crippen LogP) is 4.61. The number of aromatic nitrogens is 3. The zero-order valence-corrected chi connectivity index (χ0v) is 19.9. The number of hydrogen-bond acceptors (Lipinski definition) is 5. The maximum atomic E-state index is 14.2. The fraction of sp³-hybridized carbons (Fsp3) is 0.240. The molecule has 35 heavy (non-hydrogen) atoms. The van der Waals surface area contributed by atoms with E-state index in [9.17, 15) is 22.0 Å². The molecule has 7 nitrogen and oxygen atoms in total. The van der Waals surface area contributed by atoms with E-state index < -0.39 is 33.4 Å². The van der Waals surface area contributed by atoms with Gasteiger partial charge in [-0.15, -0.1) is 0 Å². The number of hydrogen-bond donors (Lipinski definition) is 1. The lowest BCUT2D eigenvalue weighted by Gasteiger charge is -2.13. The summed E-state index contributed by atoms with van der Waals surface area (Å²) in [5, 5.41) is 7.43. The Labute approximate surface area is 200 Å². The lowest BCUT2D eigenvalue weighted by molar-refractivity contribution is 0.102. The zero-order valence-electron chi connectivity index (χ0n) is 19.0. The van der Waals surface area contributed by atoms with E-state index in [1.54, 1.807) is 17.7 Å². The summed E-state index contributed by atoms with van der Waals surface area (Å²) in [6.07, 6.45) is 0.394. The summed E-state index contributed by atoms with van der Waals surface area (Å²) >= 11 is 0. The molecular formula is C25H22F2N4O3S. The highest BCUT2D eigenvalue weighted by atomic mass is 32.2. The SMILES string of the molecule is Cc1ccc(-c2cc(C(=O)Nc3cc(F)ccc3F)c3c(C)nn(C4CCS(=O)(=O)C4)c3n2)cc1. The molecule has 0 bridgehead atoms. The molecule has 2 aromatic carbocycles. The van der Waals surface area contributed by atoms with Gasteiger partial charge < -0.3 is 5.32 Å². The number of aryl methyl sites for hydroxylation is 2. The van der Waals surface area contributed by atoms with E-state index in [0.29, 0.717) is 28.8 Å². The second-order valence-electron chi connectivity index (χ2n) is 8.78. The molecule has 1 saturated heterocycles. The molecular weight excluding hydrogens is 474 g/mol. The molecule has 1 unspecified atom stereocenters. The molecule has 1 N–H and O–H groups in total. The average Bonchev–Trinajstić information content (AvgIpc) is 3.35. The number of anilines is 1. The molecule has 1 fully saturated rings. The fourth-order valence-corrected chi connectivity index (χ4v) is 6.06. The van der Waals surface area contributed by atoms with Gasteiger partial charge in [-0.25, -0.2) is 26.9 Å². The van der Waals surface area contributed by atoms with E-state index in [4.69, 9.17) is 4.98 Å². The van der Waals surface area contributed by atoms with Crippen molar-refractivity contribution >= 4 is 32.5 Å².